The van der Waals surface area contributed by atoms with Crippen molar-refractivity contribution in [1.29, 1.82) is 0 Å². The number of hydrogen-bond donors (Lipinski definition) is 0. The first-order valence-electron chi connectivity index (χ1n) is 18.1. The molecule has 0 spiro atoms. The third-order valence-electron chi connectivity index (χ3n) is 11.1. The molecule has 2 aliphatic rings. The summed E-state index contributed by atoms with van der Waals surface area (Å²) in [6.45, 7) is 11.7. The summed E-state index contributed by atoms with van der Waals surface area (Å²) in [6.07, 6.45) is 0. The van der Waals surface area contributed by atoms with Crippen LogP contribution in [-0.2, 0) is 5.41 Å². The van der Waals surface area contributed by atoms with Crippen LogP contribution in [0.1, 0.15) is 41.7 Å². The number of rotatable bonds is 5. The lowest BCUT2D eigenvalue weighted by Gasteiger charge is -2.46. The van der Waals surface area contributed by atoms with Crippen molar-refractivity contribution >= 4 is 57.2 Å². The zero-order valence-electron chi connectivity index (χ0n) is 30.0. The number of fused-ring (bicyclic) bond motifs is 4. The normalized spacial score (nSPS) is 13.7. The molecule has 0 unspecified atom stereocenters. The van der Waals surface area contributed by atoms with Crippen molar-refractivity contribution in [2.24, 2.45) is 0 Å². The van der Waals surface area contributed by atoms with Crippen molar-refractivity contribution in [2.45, 2.75) is 40.0 Å². The molecule has 0 N–H and O–H groups in total. The van der Waals surface area contributed by atoms with Crippen LogP contribution in [-0.4, -0.2) is 6.71 Å². The van der Waals surface area contributed by atoms with Gasteiger partial charge in [-0.2, -0.15) is 0 Å². The van der Waals surface area contributed by atoms with Gasteiger partial charge in [0.25, 0.3) is 0 Å². The Labute approximate surface area is 302 Å². The average molecular weight is 657 g/mol. The highest BCUT2D eigenvalue weighted by Crippen LogP contribution is 2.44. The van der Waals surface area contributed by atoms with E-state index < -0.39 is 0 Å². The molecule has 0 fully saturated rings. The minimum atomic E-state index is -0.167. The molecule has 0 amide bonds. The van der Waals surface area contributed by atoms with Crippen molar-refractivity contribution in [3.05, 3.63) is 186 Å². The molecular weight excluding hydrogens is 615 g/mol. The number of para-hydroxylation sites is 2. The minimum absolute atomic E-state index is 0.128. The maximum absolute atomic E-state index is 2.50. The second-order valence-corrected chi connectivity index (χ2v) is 14.8. The third kappa shape index (κ3) is 5.02. The predicted molar refractivity (Wildman–Crippen MR) is 219 cm³/mol. The first kappa shape index (κ1) is 31.2. The van der Waals surface area contributed by atoms with Gasteiger partial charge in [0.1, 0.15) is 0 Å². The number of benzene rings is 7. The van der Waals surface area contributed by atoms with Gasteiger partial charge in [-0.1, -0.05) is 127 Å². The van der Waals surface area contributed by atoms with Crippen LogP contribution >= 0.6 is 0 Å². The molecule has 246 valence electrons. The van der Waals surface area contributed by atoms with E-state index >= 15 is 0 Å². The minimum Gasteiger partial charge on any atom is -0.312 e. The van der Waals surface area contributed by atoms with Crippen LogP contribution in [0, 0.1) is 20.8 Å². The molecule has 9 rings (SSSR count). The highest BCUT2D eigenvalue weighted by atomic mass is 15.2. The Morgan fingerprint density at radius 3 is 1.84 bits per heavy atom. The van der Waals surface area contributed by atoms with E-state index in [-0.39, 0.29) is 12.1 Å². The lowest BCUT2D eigenvalue weighted by Crippen LogP contribution is -2.64. The van der Waals surface area contributed by atoms with Gasteiger partial charge in [-0.15, -0.1) is 0 Å². The van der Waals surface area contributed by atoms with Gasteiger partial charge in [0.05, 0.1) is 0 Å². The van der Waals surface area contributed by atoms with Gasteiger partial charge in [-0.3, -0.25) is 0 Å². The molecule has 2 heterocycles. The Morgan fingerprint density at radius 2 is 1.14 bits per heavy atom. The van der Waals surface area contributed by atoms with Crippen LogP contribution in [0.2, 0.25) is 0 Å². The molecule has 0 bridgehead atoms. The Bertz CT molecular complexity index is 2390. The van der Waals surface area contributed by atoms with E-state index in [9.17, 15) is 0 Å². The lowest BCUT2D eigenvalue weighted by molar-refractivity contribution is 0.641. The molecule has 3 heteroatoms. The van der Waals surface area contributed by atoms with Crippen molar-refractivity contribution in [3.8, 4) is 11.1 Å². The molecular formula is C48H41BN2. The van der Waals surface area contributed by atoms with E-state index in [4.69, 9.17) is 0 Å². The summed E-state index contributed by atoms with van der Waals surface area (Å²) in [4.78, 5) is 4.84. The largest absolute Gasteiger partial charge is 0.312 e. The SMILES string of the molecule is Cc1ccc(N2c3ccc(C)cc3B3c4cc(-c5cccc(N(c6ccccc6)c6ccccc6)c5)ccc4C(C)(C)c4c(C)ccc2c43)cc1. The molecule has 2 nitrogen and oxygen atoms in total. The van der Waals surface area contributed by atoms with Crippen molar-refractivity contribution in [2.75, 3.05) is 9.80 Å². The van der Waals surface area contributed by atoms with Crippen LogP contribution in [0.15, 0.2) is 158 Å². The maximum Gasteiger partial charge on any atom is 0.247 e. The fourth-order valence-corrected chi connectivity index (χ4v) is 8.83. The van der Waals surface area contributed by atoms with E-state index in [0.717, 1.165) is 17.1 Å². The van der Waals surface area contributed by atoms with Gasteiger partial charge in [-0.05, 0) is 120 Å². The van der Waals surface area contributed by atoms with Crippen molar-refractivity contribution in [3.63, 3.8) is 0 Å². The molecule has 0 aliphatic carbocycles. The highest BCUT2D eigenvalue weighted by Gasteiger charge is 2.46. The summed E-state index contributed by atoms with van der Waals surface area (Å²) in [5.74, 6) is 0. The number of aryl methyl sites for hydroxylation is 3. The molecule has 0 saturated carbocycles. The summed E-state index contributed by atoms with van der Waals surface area (Å²) < 4.78 is 0. The quantitative estimate of drug-likeness (QED) is 0.170. The Kier molecular flexibility index (Phi) is 7.29. The summed E-state index contributed by atoms with van der Waals surface area (Å²) in [5, 5.41) is 0. The van der Waals surface area contributed by atoms with Gasteiger partial charge < -0.3 is 9.80 Å². The van der Waals surface area contributed by atoms with Crippen molar-refractivity contribution < 1.29 is 0 Å². The zero-order chi connectivity index (χ0) is 34.9. The highest BCUT2D eigenvalue weighted by molar-refractivity contribution is 6.99. The average Bonchev–Trinajstić information content (AvgIpc) is 3.15. The Morgan fingerprint density at radius 1 is 0.510 bits per heavy atom. The van der Waals surface area contributed by atoms with Crippen LogP contribution in [0.5, 0.6) is 0 Å². The van der Waals surface area contributed by atoms with E-state index in [2.05, 4.69) is 202 Å². The smallest absolute Gasteiger partial charge is 0.247 e. The second kappa shape index (κ2) is 11.9. The monoisotopic (exact) mass is 656 g/mol. The molecule has 51 heavy (non-hydrogen) atoms. The van der Waals surface area contributed by atoms with E-state index in [1.54, 1.807) is 0 Å². The van der Waals surface area contributed by atoms with E-state index in [1.807, 2.05) is 0 Å². The third-order valence-corrected chi connectivity index (χ3v) is 11.1. The standard InChI is InChI=1S/C48H41BN2/c1-32-19-24-39(25-20-32)51-44-27-21-33(2)29-43(44)49-42-31-36(23-26-41(42)48(4,5)46-34(3)22-28-45(51)47(46)49)35-13-12-18-40(30-35)50(37-14-8-6-9-15-37)38-16-10-7-11-17-38/h6-31H,1-5H3. The van der Waals surface area contributed by atoms with Crippen LogP contribution in [0.25, 0.3) is 11.1 Å². The molecule has 7 aromatic carbocycles. The zero-order valence-corrected chi connectivity index (χ0v) is 30.0. The van der Waals surface area contributed by atoms with Gasteiger partial charge in [0, 0.05) is 39.5 Å². The first-order valence-corrected chi connectivity index (χ1v) is 18.1. The topological polar surface area (TPSA) is 6.48 Å². The van der Waals surface area contributed by atoms with Crippen LogP contribution in [0.4, 0.5) is 34.1 Å². The first-order chi connectivity index (χ1) is 24.8. The van der Waals surface area contributed by atoms with Gasteiger partial charge in [0.15, 0.2) is 0 Å². The molecule has 0 atom stereocenters. The summed E-state index contributed by atoms with van der Waals surface area (Å²) >= 11 is 0. The fraction of sp³-hybridized carbons (Fsp3) is 0.125. The van der Waals surface area contributed by atoms with Crippen LogP contribution < -0.4 is 26.2 Å². The molecule has 7 aromatic rings. The molecule has 0 radical (unpaired) electrons. The van der Waals surface area contributed by atoms with Crippen molar-refractivity contribution in [1.82, 2.24) is 0 Å². The predicted octanol–water partition coefficient (Wildman–Crippen LogP) is 10.7. The summed E-state index contributed by atoms with van der Waals surface area (Å²) in [6, 6.07) is 58.3. The maximum atomic E-state index is 2.50. The summed E-state index contributed by atoms with van der Waals surface area (Å²) in [5.41, 5.74) is 20.4. The van der Waals surface area contributed by atoms with Gasteiger partial charge >= 0.3 is 0 Å². The number of nitrogens with zero attached hydrogens (tertiary/aromatic N) is 2. The van der Waals surface area contributed by atoms with Gasteiger partial charge in [-0.25, -0.2) is 0 Å². The summed E-state index contributed by atoms with van der Waals surface area (Å²) in [7, 11) is 0. The Balaban J connectivity index is 1.24. The molecule has 0 aromatic heterocycles. The van der Waals surface area contributed by atoms with E-state index in [1.165, 1.54) is 72.4 Å². The van der Waals surface area contributed by atoms with E-state index in [0.29, 0.717) is 0 Å². The number of hydrogen-bond acceptors (Lipinski definition) is 2. The lowest BCUT2D eigenvalue weighted by atomic mass is 9.29. The number of anilines is 6. The van der Waals surface area contributed by atoms with Gasteiger partial charge in [0.2, 0.25) is 6.71 Å². The Hall–Kier alpha value is -5.80. The fourth-order valence-electron chi connectivity index (χ4n) is 8.83. The second-order valence-electron chi connectivity index (χ2n) is 14.8. The van der Waals surface area contributed by atoms with Crippen LogP contribution in [0.3, 0.4) is 0 Å². The molecule has 0 saturated heterocycles. The molecule has 2 aliphatic heterocycles.